The molecule has 0 saturated heterocycles. The van der Waals surface area contributed by atoms with Crippen LogP contribution in [0, 0.1) is 0 Å². The van der Waals surface area contributed by atoms with E-state index in [2.05, 4.69) is 25.5 Å². The van der Waals surface area contributed by atoms with Gasteiger partial charge in [-0.1, -0.05) is 0 Å². The molecule has 0 atom stereocenters. The number of halogens is 1. The zero-order chi connectivity index (χ0) is 10.7. The Morgan fingerprint density at radius 3 is 3.00 bits per heavy atom. The average Bonchev–Trinajstić information content (AvgIpc) is 2.65. The Hall–Kier alpha value is -1.66. The van der Waals surface area contributed by atoms with Gasteiger partial charge in [-0.25, -0.2) is 9.97 Å². The van der Waals surface area contributed by atoms with Crippen LogP contribution in [0.15, 0.2) is 18.3 Å². The van der Waals surface area contributed by atoms with Crippen molar-refractivity contribution in [3.63, 3.8) is 0 Å². The van der Waals surface area contributed by atoms with Crippen LogP contribution in [0.1, 0.15) is 5.69 Å². The van der Waals surface area contributed by atoms with Crippen LogP contribution in [-0.4, -0.2) is 25.3 Å². The highest BCUT2D eigenvalue weighted by Crippen LogP contribution is 2.13. The summed E-state index contributed by atoms with van der Waals surface area (Å²) in [5.41, 5.74) is 0.623. The van der Waals surface area contributed by atoms with Gasteiger partial charge in [-0.05, 0) is 17.7 Å². The molecule has 0 spiro atoms. The minimum absolute atomic E-state index is 0.0841. The van der Waals surface area contributed by atoms with Crippen molar-refractivity contribution in [2.24, 2.45) is 0 Å². The Kier molecular flexibility index (Phi) is 2.79. The van der Waals surface area contributed by atoms with Gasteiger partial charge in [0.25, 0.3) is 0 Å². The van der Waals surface area contributed by atoms with E-state index < -0.39 is 0 Å². The summed E-state index contributed by atoms with van der Waals surface area (Å²) in [4.78, 5) is 7.68. The highest BCUT2D eigenvalue weighted by Gasteiger charge is 2.01. The van der Waals surface area contributed by atoms with Gasteiger partial charge in [0.2, 0.25) is 5.28 Å². The minimum Gasteiger partial charge on any atom is -0.390 e. The van der Waals surface area contributed by atoms with Gasteiger partial charge in [-0.2, -0.15) is 5.10 Å². The van der Waals surface area contributed by atoms with E-state index in [9.17, 15) is 0 Å². The van der Waals surface area contributed by atoms with Gasteiger partial charge in [0.1, 0.15) is 5.82 Å². The first-order valence-corrected chi connectivity index (χ1v) is 4.56. The molecule has 0 aliphatic rings. The average molecular weight is 226 g/mol. The maximum Gasteiger partial charge on any atom is 0.224 e. The van der Waals surface area contributed by atoms with Crippen LogP contribution in [0.25, 0.3) is 0 Å². The first-order chi connectivity index (χ1) is 7.28. The molecule has 0 aromatic carbocycles. The number of hydrogen-bond donors (Lipinski definition) is 3. The standard InChI is InChI=1S/C8H8ClN5O/c9-8-10-2-1-6(12-8)11-7-3-5(4-15)13-14-7/h1-3,15H,4H2,(H2,10,11,12,13,14). The normalized spacial score (nSPS) is 10.3. The summed E-state index contributed by atoms with van der Waals surface area (Å²) in [5, 5.41) is 18.5. The van der Waals surface area contributed by atoms with Crippen molar-refractivity contribution in [2.45, 2.75) is 6.61 Å². The first-order valence-electron chi connectivity index (χ1n) is 4.18. The summed E-state index contributed by atoms with van der Waals surface area (Å²) in [5.74, 6) is 1.11. The summed E-state index contributed by atoms with van der Waals surface area (Å²) < 4.78 is 0. The van der Waals surface area contributed by atoms with Gasteiger partial charge in [0.05, 0.1) is 12.3 Å². The number of nitrogens with one attached hydrogen (secondary N) is 2. The largest absolute Gasteiger partial charge is 0.390 e. The smallest absolute Gasteiger partial charge is 0.224 e. The summed E-state index contributed by atoms with van der Waals surface area (Å²) in [6.45, 7) is -0.0841. The van der Waals surface area contributed by atoms with Crippen molar-refractivity contribution < 1.29 is 5.11 Å². The lowest BCUT2D eigenvalue weighted by molar-refractivity contribution is 0.276. The van der Waals surface area contributed by atoms with Gasteiger partial charge in [-0.15, -0.1) is 0 Å². The number of aliphatic hydroxyl groups is 1. The van der Waals surface area contributed by atoms with Gasteiger partial charge in [-0.3, -0.25) is 5.10 Å². The molecule has 0 aliphatic heterocycles. The Bertz CT molecular complexity index is 458. The van der Waals surface area contributed by atoms with Crippen LogP contribution in [0.2, 0.25) is 5.28 Å². The predicted octanol–water partition coefficient (Wildman–Crippen LogP) is 1.09. The Morgan fingerprint density at radius 1 is 1.47 bits per heavy atom. The molecule has 0 bridgehead atoms. The Labute approximate surface area is 90.3 Å². The summed E-state index contributed by atoms with van der Waals surface area (Å²) in [6.07, 6.45) is 1.54. The van der Waals surface area contributed by atoms with E-state index in [4.69, 9.17) is 16.7 Å². The minimum atomic E-state index is -0.0841. The third-order valence-electron chi connectivity index (χ3n) is 1.68. The topological polar surface area (TPSA) is 86.7 Å². The number of aliphatic hydroxyl groups excluding tert-OH is 1. The number of aromatic amines is 1. The van der Waals surface area contributed by atoms with E-state index in [0.29, 0.717) is 17.3 Å². The van der Waals surface area contributed by atoms with E-state index >= 15 is 0 Å². The fourth-order valence-electron chi connectivity index (χ4n) is 1.04. The van der Waals surface area contributed by atoms with E-state index in [0.717, 1.165) is 0 Å². The third kappa shape index (κ3) is 2.42. The Morgan fingerprint density at radius 2 is 2.33 bits per heavy atom. The van der Waals surface area contributed by atoms with Gasteiger partial charge < -0.3 is 10.4 Å². The SMILES string of the molecule is OCc1cc(Nc2ccnc(Cl)n2)n[nH]1. The predicted molar refractivity (Wildman–Crippen MR) is 54.8 cm³/mol. The molecule has 78 valence electrons. The second-order valence-corrected chi connectivity index (χ2v) is 3.11. The van der Waals surface area contributed by atoms with E-state index in [1.807, 2.05) is 0 Å². The zero-order valence-corrected chi connectivity index (χ0v) is 8.36. The molecule has 0 fully saturated rings. The summed E-state index contributed by atoms with van der Waals surface area (Å²) >= 11 is 5.61. The van der Waals surface area contributed by atoms with E-state index in [1.165, 1.54) is 6.20 Å². The second kappa shape index (κ2) is 4.24. The van der Waals surface area contributed by atoms with Crippen molar-refractivity contribution in [3.8, 4) is 0 Å². The molecule has 2 aromatic heterocycles. The molecule has 0 radical (unpaired) electrons. The number of nitrogens with zero attached hydrogens (tertiary/aromatic N) is 3. The monoisotopic (exact) mass is 225 g/mol. The van der Waals surface area contributed by atoms with E-state index in [1.54, 1.807) is 12.1 Å². The number of aromatic nitrogens is 4. The van der Waals surface area contributed by atoms with Crippen molar-refractivity contribution in [1.82, 2.24) is 20.2 Å². The van der Waals surface area contributed by atoms with Crippen molar-refractivity contribution in [1.29, 1.82) is 0 Å². The van der Waals surface area contributed by atoms with Gasteiger partial charge in [0.15, 0.2) is 5.82 Å². The number of H-pyrrole nitrogens is 1. The van der Waals surface area contributed by atoms with Crippen molar-refractivity contribution in [3.05, 3.63) is 29.3 Å². The highest BCUT2D eigenvalue weighted by atomic mass is 35.5. The number of rotatable bonds is 3. The number of anilines is 2. The summed E-state index contributed by atoms with van der Waals surface area (Å²) in [7, 11) is 0. The highest BCUT2D eigenvalue weighted by molar-refractivity contribution is 6.28. The van der Waals surface area contributed by atoms with Crippen LogP contribution in [0.3, 0.4) is 0 Å². The number of hydrogen-bond acceptors (Lipinski definition) is 5. The van der Waals surface area contributed by atoms with Gasteiger partial charge >= 0.3 is 0 Å². The summed E-state index contributed by atoms with van der Waals surface area (Å²) in [6, 6.07) is 3.34. The molecule has 0 aliphatic carbocycles. The van der Waals surface area contributed by atoms with Crippen LogP contribution < -0.4 is 5.32 Å². The van der Waals surface area contributed by atoms with Gasteiger partial charge in [0, 0.05) is 12.3 Å². The van der Waals surface area contributed by atoms with Crippen molar-refractivity contribution >= 4 is 23.2 Å². The molecule has 7 heteroatoms. The van der Waals surface area contributed by atoms with Crippen LogP contribution >= 0.6 is 11.6 Å². The van der Waals surface area contributed by atoms with Crippen LogP contribution in [-0.2, 0) is 6.61 Å². The molecule has 2 heterocycles. The molecule has 2 aromatic rings. The lowest BCUT2D eigenvalue weighted by Gasteiger charge is -1.99. The fraction of sp³-hybridized carbons (Fsp3) is 0.125. The first kappa shape index (κ1) is 9.88. The fourth-order valence-corrected chi connectivity index (χ4v) is 1.19. The molecule has 0 saturated carbocycles. The van der Waals surface area contributed by atoms with Crippen LogP contribution in [0.4, 0.5) is 11.6 Å². The van der Waals surface area contributed by atoms with Crippen LogP contribution in [0.5, 0.6) is 0 Å². The maximum atomic E-state index is 8.82. The lowest BCUT2D eigenvalue weighted by atomic mass is 10.4. The lowest BCUT2D eigenvalue weighted by Crippen LogP contribution is -1.94. The Balaban J connectivity index is 2.14. The van der Waals surface area contributed by atoms with Crippen molar-refractivity contribution in [2.75, 3.05) is 5.32 Å². The molecular formula is C8H8ClN5O. The quantitative estimate of drug-likeness (QED) is 0.681. The molecular weight excluding hydrogens is 218 g/mol. The molecule has 0 unspecified atom stereocenters. The molecule has 6 nitrogen and oxygen atoms in total. The zero-order valence-electron chi connectivity index (χ0n) is 7.61. The maximum absolute atomic E-state index is 8.82. The second-order valence-electron chi connectivity index (χ2n) is 2.77. The molecule has 2 rings (SSSR count). The molecule has 3 N–H and O–H groups in total. The molecule has 0 amide bonds. The molecule has 15 heavy (non-hydrogen) atoms. The van der Waals surface area contributed by atoms with E-state index in [-0.39, 0.29) is 11.9 Å². The third-order valence-corrected chi connectivity index (χ3v) is 1.87.